The highest BCUT2D eigenvalue weighted by atomic mass is 32.1. The van der Waals surface area contributed by atoms with Gasteiger partial charge in [-0.05, 0) is 48.5 Å². The van der Waals surface area contributed by atoms with Gasteiger partial charge in [0.2, 0.25) is 5.78 Å². The first kappa shape index (κ1) is 19.4. The van der Waals surface area contributed by atoms with Crippen molar-refractivity contribution in [3.63, 3.8) is 0 Å². The van der Waals surface area contributed by atoms with Crippen molar-refractivity contribution in [2.24, 2.45) is 0 Å². The molecule has 0 aliphatic rings. The lowest BCUT2D eigenvalue weighted by Gasteiger charge is -2.08. The van der Waals surface area contributed by atoms with Crippen molar-refractivity contribution in [2.75, 3.05) is 20.8 Å². The van der Waals surface area contributed by atoms with Gasteiger partial charge in [0.25, 0.3) is 0 Å². The predicted molar refractivity (Wildman–Crippen MR) is 103 cm³/mol. The summed E-state index contributed by atoms with van der Waals surface area (Å²) in [6.07, 6.45) is 0. The number of hydrogen-bond donors (Lipinski definition) is 0. The molecule has 0 N–H and O–H groups in total. The monoisotopic (exact) mass is 399 g/mol. The van der Waals surface area contributed by atoms with Crippen molar-refractivity contribution < 1.29 is 28.5 Å². The minimum Gasteiger partial charge on any atom is -0.497 e. The fourth-order valence-corrected chi connectivity index (χ4v) is 2.91. The molecular weight excluding hydrogens is 382 g/mol. The normalized spacial score (nSPS) is 10.2. The van der Waals surface area contributed by atoms with E-state index >= 15 is 0 Å². The van der Waals surface area contributed by atoms with Gasteiger partial charge < -0.3 is 18.9 Å². The first-order valence-corrected chi connectivity index (χ1v) is 9.09. The number of thiazole rings is 1. The molecule has 0 aliphatic heterocycles. The minimum atomic E-state index is -0.580. The first-order valence-electron chi connectivity index (χ1n) is 8.21. The van der Waals surface area contributed by atoms with Crippen LogP contribution in [0.5, 0.6) is 23.0 Å². The van der Waals surface area contributed by atoms with Crippen LogP contribution in [0.15, 0.2) is 53.9 Å². The van der Waals surface area contributed by atoms with Crippen LogP contribution in [-0.2, 0) is 4.74 Å². The van der Waals surface area contributed by atoms with Crippen LogP contribution < -0.4 is 14.2 Å². The quantitative estimate of drug-likeness (QED) is 0.418. The van der Waals surface area contributed by atoms with Gasteiger partial charge >= 0.3 is 5.97 Å². The molecule has 8 heteroatoms. The third-order valence-electron chi connectivity index (χ3n) is 3.63. The molecule has 0 fully saturated rings. The van der Waals surface area contributed by atoms with Crippen molar-refractivity contribution in [1.82, 2.24) is 4.98 Å². The lowest BCUT2D eigenvalue weighted by molar-refractivity contribution is 0.0595. The summed E-state index contributed by atoms with van der Waals surface area (Å²) in [7, 11) is 2.86. The Morgan fingerprint density at radius 1 is 0.893 bits per heavy atom. The molecule has 0 atom stereocenters. The van der Waals surface area contributed by atoms with Gasteiger partial charge in [-0.15, -0.1) is 11.3 Å². The van der Waals surface area contributed by atoms with Crippen LogP contribution in [0.2, 0.25) is 0 Å². The van der Waals surface area contributed by atoms with E-state index in [1.165, 1.54) is 12.5 Å². The standard InChI is InChI=1S/C20H17NO6S/c1-24-13-3-7-15(8-4-13)27-16-9-5-14(6-10-16)26-11-18(22)19-21-17(12-28-19)20(23)25-2/h3-10,12H,11H2,1-2H3. The molecule has 144 valence electrons. The highest BCUT2D eigenvalue weighted by Gasteiger charge is 2.16. The molecule has 1 aromatic heterocycles. The summed E-state index contributed by atoms with van der Waals surface area (Å²) in [5.74, 6) is 1.67. The Labute approximate surface area is 165 Å². The number of esters is 1. The third kappa shape index (κ3) is 4.86. The number of carbonyl (C=O) groups is 2. The van der Waals surface area contributed by atoms with E-state index in [2.05, 4.69) is 9.72 Å². The van der Waals surface area contributed by atoms with E-state index in [-0.39, 0.29) is 23.1 Å². The van der Waals surface area contributed by atoms with Gasteiger partial charge in [0.15, 0.2) is 17.3 Å². The highest BCUT2D eigenvalue weighted by Crippen LogP contribution is 2.25. The Balaban J connectivity index is 1.54. The van der Waals surface area contributed by atoms with E-state index in [1.807, 2.05) is 12.1 Å². The number of benzene rings is 2. The number of ether oxygens (including phenoxy) is 4. The maximum Gasteiger partial charge on any atom is 0.357 e. The molecule has 0 saturated carbocycles. The van der Waals surface area contributed by atoms with Crippen molar-refractivity contribution >= 4 is 23.1 Å². The summed E-state index contributed by atoms with van der Waals surface area (Å²) in [6.45, 7) is -0.188. The number of hydrogen-bond acceptors (Lipinski definition) is 8. The second kappa shape index (κ2) is 9.01. The van der Waals surface area contributed by atoms with Gasteiger partial charge in [0.05, 0.1) is 14.2 Å². The number of nitrogens with zero attached hydrogens (tertiary/aromatic N) is 1. The molecule has 0 spiro atoms. The van der Waals surface area contributed by atoms with Crippen LogP contribution in [0.25, 0.3) is 0 Å². The van der Waals surface area contributed by atoms with Crippen molar-refractivity contribution in [1.29, 1.82) is 0 Å². The molecule has 0 aliphatic carbocycles. The van der Waals surface area contributed by atoms with Gasteiger partial charge in [-0.2, -0.15) is 0 Å². The van der Waals surface area contributed by atoms with E-state index in [9.17, 15) is 9.59 Å². The minimum absolute atomic E-state index is 0.107. The summed E-state index contributed by atoms with van der Waals surface area (Å²) >= 11 is 1.07. The first-order chi connectivity index (χ1) is 13.6. The lowest BCUT2D eigenvalue weighted by Crippen LogP contribution is -2.12. The summed E-state index contributed by atoms with van der Waals surface area (Å²) < 4.78 is 20.9. The molecule has 3 aromatic rings. The summed E-state index contributed by atoms with van der Waals surface area (Å²) in [5, 5.41) is 1.67. The van der Waals surface area contributed by atoms with Crippen LogP contribution in [0.3, 0.4) is 0 Å². The summed E-state index contributed by atoms with van der Waals surface area (Å²) in [4.78, 5) is 27.5. The molecule has 28 heavy (non-hydrogen) atoms. The lowest BCUT2D eigenvalue weighted by atomic mass is 10.3. The average Bonchev–Trinajstić information content (AvgIpc) is 3.23. The molecule has 0 radical (unpaired) electrons. The highest BCUT2D eigenvalue weighted by molar-refractivity contribution is 7.12. The molecule has 2 aromatic carbocycles. The molecule has 3 rings (SSSR count). The summed E-state index contributed by atoms with van der Waals surface area (Å²) in [5.41, 5.74) is 0.107. The van der Waals surface area contributed by atoms with Gasteiger partial charge in [-0.3, -0.25) is 4.79 Å². The Bertz CT molecular complexity index is 950. The van der Waals surface area contributed by atoms with Crippen LogP contribution >= 0.6 is 11.3 Å². The number of rotatable bonds is 8. The molecule has 1 heterocycles. The van der Waals surface area contributed by atoms with Crippen molar-refractivity contribution in [3.05, 3.63) is 64.6 Å². The average molecular weight is 399 g/mol. The molecule has 0 unspecified atom stereocenters. The van der Waals surface area contributed by atoms with Gasteiger partial charge in [-0.1, -0.05) is 0 Å². The maximum absolute atomic E-state index is 12.1. The van der Waals surface area contributed by atoms with Crippen LogP contribution in [0.1, 0.15) is 20.3 Å². The number of ketones is 1. The molecule has 0 saturated heterocycles. The van der Waals surface area contributed by atoms with E-state index in [0.29, 0.717) is 17.2 Å². The SMILES string of the molecule is COC(=O)c1csc(C(=O)COc2ccc(Oc3ccc(OC)cc3)cc2)n1. The zero-order chi connectivity index (χ0) is 19.9. The third-order valence-corrected chi connectivity index (χ3v) is 4.51. The Kier molecular flexibility index (Phi) is 6.23. The largest absolute Gasteiger partial charge is 0.497 e. The number of Topliss-reactive ketones (excluding diaryl/α,β-unsaturated/α-hetero) is 1. The van der Waals surface area contributed by atoms with Crippen LogP contribution in [-0.4, -0.2) is 37.6 Å². The zero-order valence-corrected chi connectivity index (χ0v) is 16.0. The fourth-order valence-electron chi connectivity index (χ4n) is 2.19. The van der Waals surface area contributed by atoms with Crippen molar-refractivity contribution in [3.8, 4) is 23.0 Å². The van der Waals surface area contributed by atoms with Gasteiger partial charge in [0.1, 0.15) is 23.0 Å². The van der Waals surface area contributed by atoms with Crippen LogP contribution in [0, 0.1) is 0 Å². The van der Waals surface area contributed by atoms with Crippen molar-refractivity contribution in [2.45, 2.75) is 0 Å². The topological polar surface area (TPSA) is 84.0 Å². The molecule has 7 nitrogen and oxygen atoms in total. The van der Waals surface area contributed by atoms with E-state index in [0.717, 1.165) is 17.1 Å². The fraction of sp³-hybridized carbons (Fsp3) is 0.150. The smallest absolute Gasteiger partial charge is 0.357 e. The summed E-state index contributed by atoms with van der Waals surface area (Å²) in [6, 6.07) is 14.1. The molecular formula is C20H17NO6S. The Hall–Kier alpha value is -3.39. The van der Waals surface area contributed by atoms with Gasteiger partial charge in [-0.25, -0.2) is 9.78 Å². The Morgan fingerprint density at radius 3 is 2.04 bits per heavy atom. The molecule has 0 bridgehead atoms. The molecule has 0 amide bonds. The van der Waals surface area contributed by atoms with Crippen LogP contribution in [0.4, 0.5) is 0 Å². The Morgan fingerprint density at radius 2 is 1.46 bits per heavy atom. The second-order valence-electron chi connectivity index (χ2n) is 5.49. The maximum atomic E-state index is 12.1. The number of aromatic nitrogens is 1. The second-order valence-corrected chi connectivity index (χ2v) is 6.35. The number of carbonyl (C=O) groups excluding carboxylic acids is 2. The van der Waals surface area contributed by atoms with E-state index in [4.69, 9.17) is 14.2 Å². The predicted octanol–water partition coefficient (Wildman–Crippen LogP) is 3.99. The van der Waals surface area contributed by atoms with E-state index in [1.54, 1.807) is 43.5 Å². The van der Waals surface area contributed by atoms with Gasteiger partial charge in [0, 0.05) is 5.38 Å². The van der Waals surface area contributed by atoms with E-state index < -0.39 is 5.97 Å². The zero-order valence-electron chi connectivity index (χ0n) is 15.2. The number of methoxy groups -OCH3 is 2.